The third kappa shape index (κ3) is 5.44. The van der Waals surface area contributed by atoms with Gasteiger partial charge in [-0.25, -0.2) is 4.39 Å². The van der Waals surface area contributed by atoms with Crippen molar-refractivity contribution in [3.8, 4) is 5.75 Å². The number of likely N-dealkylation sites (N-methyl/N-ethyl adjacent to an activating group) is 1. The molecule has 0 bridgehead atoms. The molecule has 4 nitrogen and oxygen atoms in total. The van der Waals surface area contributed by atoms with Crippen molar-refractivity contribution in [1.82, 2.24) is 0 Å². The molecule has 2 rings (SSSR count). The van der Waals surface area contributed by atoms with Crippen molar-refractivity contribution in [1.29, 1.82) is 0 Å². The minimum atomic E-state index is -0.315. The van der Waals surface area contributed by atoms with Gasteiger partial charge in [0.1, 0.15) is 18.1 Å². The van der Waals surface area contributed by atoms with Gasteiger partial charge in [-0.1, -0.05) is 17.7 Å². The minimum absolute atomic E-state index is 0.113. The number of hydrogen-bond donors (Lipinski definition) is 2. The molecule has 0 aliphatic heterocycles. The number of hydrogen-bond acceptors (Lipinski definition) is 2. The maximum Gasteiger partial charge on any atom is 0.279 e. The van der Waals surface area contributed by atoms with E-state index < -0.39 is 0 Å². The Hall–Kier alpha value is -2.11. The van der Waals surface area contributed by atoms with Crippen LogP contribution in [0.25, 0.3) is 0 Å². The van der Waals surface area contributed by atoms with Gasteiger partial charge in [-0.05, 0) is 49.7 Å². The molecule has 0 saturated carbocycles. The van der Waals surface area contributed by atoms with Crippen molar-refractivity contribution in [3.05, 3.63) is 58.4 Å². The summed E-state index contributed by atoms with van der Waals surface area (Å²) in [6, 6.07) is 9.80. The van der Waals surface area contributed by atoms with Gasteiger partial charge in [-0.15, -0.1) is 0 Å². The van der Waals surface area contributed by atoms with Gasteiger partial charge in [0.2, 0.25) is 0 Å². The van der Waals surface area contributed by atoms with Gasteiger partial charge in [-0.2, -0.15) is 0 Å². The number of quaternary nitrogens is 1. The Labute approximate surface area is 152 Å². The minimum Gasteiger partial charge on any atom is -0.496 e. The first-order chi connectivity index (χ1) is 11.9. The molecule has 1 atom stereocenters. The number of nitrogens with one attached hydrogen (secondary N) is 2. The van der Waals surface area contributed by atoms with Crippen LogP contribution in [0.15, 0.2) is 36.4 Å². The highest BCUT2D eigenvalue weighted by Crippen LogP contribution is 2.20. The standard InChI is InChI=1S/C19H22ClFN2O2/c1-4-23(11-14-9-16(21)7-8-18(14)25-3)12-19(24)22-17-10-15(20)6-5-13(17)2/h5-10H,4,11-12H2,1-3H3,(H,22,24)/p+1. The summed E-state index contributed by atoms with van der Waals surface area (Å²) in [6.07, 6.45) is 0. The number of methoxy groups -OCH3 is 1. The normalized spacial score (nSPS) is 11.9. The first kappa shape index (κ1) is 19.2. The van der Waals surface area contributed by atoms with Crippen LogP contribution in [0.4, 0.5) is 10.1 Å². The molecular weight excluding hydrogens is 343 g/mol. The third-order valence-corrected chi connectivity index (χ3v) is 4.30. The third-order valence-electron chi connectivity index (χ3n) is 4.07. The summed E-state index contributed by atoms with van der Waals surface area (Å²) in [5.74, 6) is 0.196. The van der Waals surface area contributed by atoms with Gasteiger partial charge in [0, 0.05) is 10.7 Å². The van der Waals surface area contributed by atoms with Crippen LogP contribution in [0.2, 0.25) is 5.02 Å². The second-order valence-corrected chi connectivity index (χ2v) is 6.36. The lowest BCUT2D eigenvalue weighted by Gasteiger charge is -2.19. The summed E-state index contributed by atoms with van der Waals surface area (Å²) in [7, 11) is 1.55. The zero-order valence-electron chi connectivity index (χ0n) is 14.7. The lowest BCUT2D eigenvalue weighted by molar-refractivity contribution is -0.903. The Bertz CT molecular complexity index is 752. The summed E-state index contributed by atoms with van der Waals surface area (Å²) >= 11 is 5.98. The van der Waals surface area contributed by atoms with Crippen molar-refractivity contribution >= 4 is 23.2 Å². The molecule has 134 valence electrons. The van der Waals surface area contributed by atoms with E-state index in [2.05, 4.69) is 5.32 Å². The van der Waals surface area contributed by atoms with E-state index in [4.69, 9.17) is 16.3 Å². The summed E-state index contributed by atoms with van der Waals surface area (Å²) in [4.78, 5) is 13.4. The number of amides is 1. The summed E-state index contributed by atoms with van der Waals surface area (Å²) < 4.78 is 18.8. The Morgan fingerprint density at radius 2 is 2.04 bits per heavy atom. The molecule has 0 aliphatic carbocycles. The van der Waals surface area contributed by atoms with Gasteiger partial charge >= 0.3 is 0 Å². The van der Waals surface area contributed by atoms with E-state index in [1.165, 1.54) is 12.1 Å². The molecule has 2 N–H and O–H groups in total. The van der Waals surface area contributed by atoms with Crippen molar-refractivity contribution in [3.63, 3.8) is 0 Å². The number of anilines is 1. The van der Waals surface area contributed by atoms with Crippen LogP contribution in [-0.2, 0) is 11.3 Å². The quantitative estimate of drug-likeness (QED) is 0.792. The first-order valence-corrected chi connectivity index (χ1v) is 8.52. The van der Waals surface area contributed by atoms with E-state index in [1.807, 2.05) is 19.9 Å². The van der Waals surface area contributed by atoms with Gasteiger partial charge in [0.15, 0.2) is 6.54 Å². The second-order valence-electron chi connectivity index (χ2n) is 5.92. The Balaban J connectivity index is 2.05. The molecule has 0 aromatic heterocycles. The van der Waals surface area contributed by atoms with Gasteiger partial charge < -0.3 is 15.0 Å². The lowest BCUT2D eigenvalue weighted by Crippen LogP contribution is -3.11. The number of aryl methyl sites for hydroxylation is 1. The van der Waals surface area contributed by atoms with Crippen molar-refractivity contribution in [2.24, 2.45) is 0 Å². The topological polar surface area (TPSA) is 42.8 Å². The number of carbonyl (C=O) groups is 1. The molecule has 1 amide bonds. The SMILES string of the molecule is CC[NH+](CC(=O)Nc1cc(Cl)ccc1C)Cc1cc(F)ccc1OC. The molecule has 0 heterocycles. The fourth-order valence-electron chi connectivity index (χ4n) is 2.62. The zero-order valence-corrected chi connectivity index (χ0v) is 15.4. The number of rotatable bonds is 7. The van der Waals surface area contributed by atoms with Crippen LogP contribution in [0.3, 0.4) is 0 Å². The fraction of sp³-hybridized carbons (Fsp3) is 0.316. The number of benzene rings is 2. The number of ether oxygens (including phenoxy) is 1. The van der Waals surface area contributed by atoms with Crippen molar-refractivity contribution in [2.45, 2.75) is 20.4 Å². The first-order valence-electron chi connectivity index (χ1n) is 8.15. The van der Waals surface area contributed by atoms with Crippen molar-refractivity contribution < 1.29 is 18.8 Å². The molecule has 2 aromatic carbocycles. The average Bonchev–Trinajstić information content (AvgIpc) is 2.57. The summed E-state index contributed by atoms with van der Waals surface area (Å²) in [5.41, 5.74) is 2.39. The van der Waals surface area contributed by atoms with Crippen LogP contribution < -0.4 is 15.0 Å². The number of carbonyl (C=O) groups excluding carboxylic acids is 1. The Morgan fingerprint density at radius 1 is 1.28 bits per heavy atom. The molecule has 1 unspecified atom stereocenters. The van der Waals surface area contributed by atoms with Gasteiger partial charge in [-0.3, -0.25) is 4.79 Å². The van der Waals surface area contributed by atoms with E-state index in [0.717, 1.165) is 22.6 Å². The highest BCUT2D eigenvalue weighted by atomic mass is 35.5. The van der Waals surface area contributed by atoms with Gasteiger partial charge in [0.05, 0.1) is 19.2 Å². The summed E-state index contributed by atoms with van der Waals surface area (Å²) in [5, 5.41) is 3.47. The highest BCUT2D eigenvalue weighted by molar-refractivity contribution is 6.31. The summed E-state index contributed by atoms with van der Waals surface area (Å²) in [6.45, 7) is 5.39. The molecular formula is C19H23ClFN2O2+. The largest absolute Gasteiger partial charge is 0.496 e. The van der Waals surface area contributed by atoms with Gasteiger partial charge in [0.25, 0.3) is 5.91 Å². The molecule has 6 heteroatoms. The van der Waals surface area contributed by atoms with Crippen molar-refractivity contribution in [2.75, 3.05) is 25.5 Å². The van der Waals surface area contributed by atoms with Crippen LogP contribution >= 0.6 is 11.6 Å². The number of halogens is 2. The zero-order chi connectivity index (χ0) is 18.4. The molecule has 0 aliphatic rings. The Kier molecular flexibility index (Phi) is 6.79. The average molecular weight is 366 g/mol. The molecule has 0 saturated heterocycles. The Morgan fingerprint density at radius 3 is 2.72 bits per heavy atom. The molecule has 2 aromatic rings. The van der Waals surface area contributed by atoms with Crippen LogP contribution in [-0.4, -0.2) is 26.1 Å². The maximum absolute atomic E-state index is 13.5. The fourth-order valence-corrected chi connectivity index (χ4v) is 2.79. The predicted molar refractivity (Wildman–Crippen MR) is 97.8 cm³/mol. The highest BCUT2D eigenvalue weighted by Gasteiger charge is 2.17. The van der Waals surface area contributed by atoms with Crippen LogP contribution in [0, 0.1) is 12.7 Å². The predicted octanol–water partition coefficient (Wildman–Crippen LogP) is 2.84. The monoisotopic (exact) mass is 365 g/mol. The van der Waals surface area contributed by atoms with Crippen LogP contribution in [0.5, 0.6) is 5.75 Å². The van der Waals surface area contributed by atoms with E-state index in [0.29, 0.717) is 23.0 Å². The molecule has 0 radical (unpaired) electrons. The van der Waals surface area contributed by atoms with E-state index in [1.54, 1.807) is 25.3 Å². The second kappa shape index (κ2) is 8.83. The smallest absolute Gasteiger partial charge is 0.279 e. The van der Waals surface area contributed by atoms with E-state index in [-0.39, 0.29) is 18.3 Å². The van der Waals surface area contributed by atoms with E-state index in [9.17, 15) is 9.18 Å². The molecule has 25 heavy (non-hydrogen) atoms. The maximum atomic E-state index is 13.5. The molecule has 0 fully saturated rings. The lowest BCUT2D eigenvalue weighted by atomic mass is 10.1. The van der Waals surface area contributed by atoms with Crippen LogP contribution in [0.1, 0.15) is 18.1 Å². The van der Waals surface area contributed by atoms with E-state index >= 15 is 0 Å². The molecule has 0 spiro atoms.